The van der Waals surface area contributed by atoms with Crippen molar-refractivity contribution in [2.75, 3.05) is 11.9 Å². The number of halogens is 2. The van der Waals surface area contributed by atoms with Crippen molar-refractivity contribution in [3.63, 3.8) is 0 Å². The van der Waals surface area contributed by atoms with Gasteiger partial charge >= 0.3 is 0 Å². The van der Waals surface area contributed by atoms with Gasteiger partial charge in [-0.3, -0.25) is 4.79 Å². The van der Waals surface area contributed by atoms with Crippen LogP contribution in [-0.4, -0.2) is 12.5 Å². The maximum atomic E-state index is 13.9. The fraction of sp³-hybridized carbons (Fsp3) is 0.185. The predicted molar refractivity (Wildman–Crippen MR) is 131 cm³/mol. The van der Waals surface area contributed by atoms with Crippen LogP contribution in [-0.2, 0) is 11.4 Å². The number of nitrogens with zero attached hydrogens (tertiary/aromatic N) is 1. The molecule has 0 bridgehead atoms. The average molecular weight is 479 g/mol. The lowest BCUT2D eigenvalue weighted by Crippen LogP contribution is -2.14. The Balaban J connectivity index is 1.87. The van der Waals surface area contributed by atoms with Crippen LogP contribution in [0.1, 0.15) is 29.2 Å². The number of carbonyl (C=O) groups is 1. The highest BCUT2D eigenvalue weighted by atomic mass is 35.5. The highest BCUT2D eigenvalue weighted by Gasteiger charge is 2.16. The minimum atomic E-state index is -0.537. The van der Waals surface area contributed by atoms with Crippen LogP contribution in [0.2, 0.25) is 5.02 Å². The van der Waals surface area contributed by atoms with Crippen LogP contribution in [0.3, 0.4) is 0 Å². The van der Waals surface area contributed by atoms with Crippen molar-refractivity contribution in [3.05, 3.63) is 93.3 Å². The first kappa shape index (κ1) is 24.8. The molecule has 0 radical (unpaired) electrons. The minimum absolute atomic E-state index is 0.0383. The number of hydrogen-bond acceptors (Lipinski definition) is 4. The molecule has 0 heterocycles. The number of hydrogen-bond donors (Lipinski definition) is 1. The van der Waals surface area contributed by atoms with Gasteiger partial charge in [0.15, 0.2) is 11.5 Å². The van der Waals surface area contributed by atoms with Crippen LogP contribution >= 0.6 is 11.6 Å². The van der Waals surface area contributed by atoms with Gasteiger partial charge in [-0.25, -0.2) is 4.39 Å². The lowest BCUT2D eigenvalue weighted by Gasteiger charge is -2.15. The molecule has 0 spiro atoms. The van der Waals surface area contributed by atoms with E-state index in [0.717, 1.165) is 11.1 Å². The Morgan fingerprint density at radius 3 is 2.62 bits per heavy atom. The monoisotopic (exact) mass is 478 g/mol. The van der Waals surface area contributed by atoms with Gasteiger partial charge in [-0.1, -0.05) is 41.9 Å². The van der Waals surface area contributed by atoms with Gasteiger partial charge in [0.05, 0.1) is 11.6 Å². The number of carbonyl (C=O) groups excluding carboxylic acids is 1. The van der Waals surface area contributed by atoms with Crippen molar-refractivity contribution in [1.82, 2.24) is 0 Å². The molecule has 0 aliphatic carbocycles. The van der Waals surface area contributed by atoms with E-state index in [4.69, 9.17) is 21.1 Å². The number of anilines is 1. The van der Waals surface area contributed by atoms with Gasteiger partial charge in [0, 0.05) is 11.3 Å². The van der Waals surface area contributed by atoms with Crippen molar-refractivity contribution in [3.8, 4) is 17.6 Å². The molecular formula is C27H24ClFN2O3. The van der Waals surface area contributed by atoms with Crippen molar-refractivity contribution in [2.45, 2.75) is 27.4 Å². The molecule has 0 unspecified atom stereocenters. The average Bonchev–Trinajstić information content (AvgIpc) is 2.80. The first-order valence-electron chi connectivity index (χ1n) is 10.6. The Labute approximate surface area is 203 Å². The maximum Gasteiger partial charge on any atom is 0.266 e. The predicted octanol–water partition coefficient (Wildman–Crippen LogP) is 6.62. The molecule has 0 aliphatic rings. The zero-order valence-corrected chi connectivity index (χ0v) is 19.9. The van der Waals surface area contributed by atoms with Crippen LogP contribution in [0.4, 0.5) is 10.1 Å². The summed E-state index contributed by atoms with van der Waals surface area (Å²) < 4.78 is 25.4. The molecule has 0 aromatic heterocycles. The number of aryl methyl sites for hydroxylation is 2. The molecule has 174 valence electrons. The van der Waals surface area contributed by atoms with Crippen molar-refractivity contribution >= 4 is 29.3 Å². The Bertz CT molecular complexity index is 1280. The normalized spacial score (nSPS) is 11.0. The topological polar surface area (TPSA) is 71.3 Å². The summed E-state index contributed by atoms with van der Waals surface area (Å²) in [7, 11) is 0. The van der Waals surface area contributed by atoms with E-state index in [-0.39, 0.29) is 28.8 Å². The van der Waals surface area contributed by atoms with E-state index in [1.807, 2.05) is 38.1 Å². The third-order valence-corrected chi connectivity index (χ3v) is 5.26. The number of nitriles is 1. The third kappa shape index (κ3) is 6.15. The summed E-state index contributed by atoms with van der Waals surface area (Å²) in [5.41, 5.74) is 3.27. The van der Waals surface area contributed by atoms with Gasteiger partial charge < -0.3 is 14.8 Å². The molecule has 0 saturated carbocycles. The number of nitrogens with one attached hydrogen (secondary N) is 1. The molecule has 0 atom stereocenters. The van der Waals surface area contributed by atoms with Gasteiger partial charge in [0.25, 0.3) is 5.91 Å². The lowest BCUT2D eigenvalue weighted by molar-refractivity contribution is -0.112. The van der Waals surface area contributed by atoms with E-state index in [1.165, 1.54) is 12.1 Å². The molecule has 5 nitrogen and oxygen atoms in total. The van der Waals surface area contributed by atoms with Crippen LogP contribution in [0.5, 0.6) is 11.5 Å². The van der Waals surface area contributed by atoms with E-state index in [1.54, 1.807) is 37.3 Å². The molecule has 7 heteroatoms. The van der Waals surface area contributed by atoms with Crippen molar-refractivity contribution < 1.29 is 18.7 Å². The summed E-state index contributed by atoms with van der Waals surface area (Å²) in [6.45, 7) is 5.89. The lowest BCUT2D eigenvalue weighted by atomic mass is 10.1. The zero-order valence-electron chi connectivity index (χ0n) is 19.1. The summed E-state index contributed by atoms with van der Waals surface area (Å²) in [5.74, 6) is -0.345. The van der Waals surface area contributed by atoms with Gasteiger partial charge in [-0.2, -0.15) is 5.26 Å². The Hall–Kier alpha value is -3.82. The first-order chi connectivity index (χ1) is 16.3. The molecular weight excluding hydrogens is 455 g/mol. The number of amides is 1. The van der Waals surface area contributed by atoms with Crippen LogP contribution in [0, 0.1) is 31.0 Å². The van der Waals surface area contributed by atoms with E-state index < -0.39 is 5.91 Å². The fourth-order valence-electron chi connectivity index (χ4n) is 3.22. The van der Waals surface area contributed by atoms with Gasteiger partial charge in [0.2, 0.25) is 0 Å². The Kier molecular flexibility index (Phi) is 8.29. The van der Waals surface area contributed by atoms with Crippen molar-refractivity contribution in [2.24, 2.45) is 0 Å². The molecule has 3 aromatic rings. The maximum absolute atomic E-state index is 13.9. The fourth-order valence-corrected chi connectivity index (χ4v) is 3.49. The summed E-state index contributed by atoms with van der Waals surface area (Å²) in [6.07, 6.45) is 1.43. The highest BCUT2D eigenvalue weighted by molar-refractivity contribution is 6.32. The molecule has 1 N–H and O–H groups in total. The van der Waals surface area contributed by atoms with E-state index in [9.17, 15) is 14.4 Å². The number of benzene rings is 3. The second kappa shape index (κ2) is 11.4. The summed E-state index contributed by atoms with van der Waals surface area (Å²) in [5, 5.41) is 12.6. The standard InChI is InChI=1S/C27H24ClFN2O3/c1-4-33-25-14-19(13-22(28)26(25)34-16-20-7-5-6-8-23(20)29)12-21(15-30)27(32)31-24-11-17(2)9-10-18(24)3/h5-14H,4,16H2,1-3H3,(H,31,32)/b21-12+. The third-order valence-electron chi connectivity index (χ3n) is 4.98. The smallest absolute Gasteiger partial charge is 0.266 e. The van der Waals surface area contributed by atoms with Crippen molar-refractivity contribution in [1.29, 1.82) is 5.26 Å². The molecule has 0 fully saturated rings. The van der Waals surface area contributed by atoms with Crippen LogP contribution < -0.4 is 14.8 Å². The summed E-state index contributed by atoms with van der Waals surface area (Å²) >= 11 is 6.44. The van der Waals surface area contributed by atoms with Gasteiger partial charge in [0.1, 0.15) is 24.1 Å². The second-order valence-electron chi connectivity index (χ2n) is 7.59. The van der Waals surface area contributed by atoms with Crippen LogP contribution in [0.25, 0.3) is 6.08 Å². The Morgan fingerprint density at radius 2 is 1.91 bits per heavy atom. The summed E-state index contributed by atoms with van der Waals surface area (Å²) in [4.78, 5) is 12.7. The molecule has 0 saturated heterocycles. The minimum Gasteiger partial charge on any atom is -0.490 e. The van der Waals surface area contributed by atoms with E-state index >= 15 is 0 Å². The molecule has 3 aromatic carbocycles. The highest BCUT2D eigenvalue weighted by Crippen LogP contribution is 2.38. The number of ether oxygens (including phenoxy) is 2. The van der Waals surface area contributed by atoms with E-state index in [2.05, 4.69) is 5.32 Å². The summed E-state index contributed by atoms with van der Waals surface area (Å²) in [6, 6.07) is 17.1. The molecule has 34 heavy (non-hydrogen) atoms. The number of rotatable bonds is 8. The quantitative estimate of drug-likeness (QED) is 0.292. The first-order valence-corrected chi connectivity index (χ1v) is 11.0. The van der Waals surface area contributed by atoms with E-state index in [0.29, 0.717) is 29.2 Å². The largest absolute Gasteiger partial charge is 0.490 e. The van der Waals surface area contributed by atoms with Crippen LogP contribution in [0.15, 0.2) is 60.2 Å². The SMILES string of the molecule is CCOc1cc(/C=C(\C#N)C(=O)Nc2cc(C)ccc2C)cc(Cl)c1OCc1ccccc1F. The second-order valence-corrected chi connectivity index (χ2v) is 7.99. The molecule has 0 aliphatic heterocycles. The molecule has 1 amide bonds. The molecule has 3 rings (SSSR count). The Morgan fingerprint density at radius 1 is 1.15 bits per heavy atom. The van der Waals surface area contributed by atoms with Gasteiger partial charge in [-0.15, -0.1) is 0 Å². The zero-order chi connectivity index (χ0) is 24.7. The van der Waals surface area contributed by atoms with Gasteiger partial charge in [-0.05, 0) is 67.8 Å².